The minimum absolute atomic E-state index is 0.512. The lowest BCUT2D eigenvalue weighted by molar-refractivity contribution is 0.274. The molecule has 2 N–H and O–H groups in total. The Morgan fingerprint density at radius 1 is 1.20 bits per heavy atom. The van der Waals surface area contributed by atoms with Gasteiger partial charge in [-0.3, -0.25) is 0 Å². The first-order valence-corrected chi connectivity index (χ1v) is 7.31. The van der Waals surface area contributed by atoms with E-state index in [1.807, 2.05) is 25.1 Å². The summed E-state index contributed by atoms with van der Waals surface area (Å²) >= 11 is 0. The normalized spacial score (nSPS) is 17.6. The molecule has 2 aromatic carbocycles. The predicted molar refractivity (Wildman–Crippen MR) is 83.2 cm³/mol. The number of anilines is 1. The highest BCUT2D eigenvalue weighted by molar-refractivity contribution is 5.49. The fourth-order valence-electron chi connectivity index (χ4n) is 2.96. The summed E-state index contributed by atoms with van der Waals surface area (Å²) in [6.45, 7) is 2.76. The van der Waals surface area contributed by atoms with Gasteiger partial charge in [0.2, 0.25) is 0 Å². The third-order valence-corrected chi connectivity index (χ3v) is 4.19. The van der Waals surface area contributed by atoms with Crippen molar-refractivity contribution in [1.29, 1.82) is 0 Å². The van der Waals surface area contributed by atoms with Gasteiger partial charge < -0.3 is 10.5 Å². The molecule has 1 aliphatic rings. The van der Waals surface area contributed by atoms with Crippen LogP contribution in [0.3, 0.4) is 0 Å². The number of rotatable bonds is 3. The lowest BCUT2D eigenvalue weighted by Gasteiger charge is -2.25. The molecule has 0 bridgehead atoms. The highest BCUT2D eigenvalue weighted by Crippen LogP contribution is 2.32. The van der Waals surface area contributed by atoms with Crippen molar-refractivity contribution in [2.75, 3.05) is 12.3 Å². The fraction of sp³-hybridized carbons (Fsp3) is 0.333. The Labute approximate surface area is 120 Å². The van der Waals surface area contributed by atoms with Crippen molar-refractivity contribution in [2.24, 2.45) is 0 Å². The van der Waals surface area contributed by atoms with Crippen molar-refractivity contribution >= 4 is 5.69 Å². The minimum atomic E-state index is 0.512. The van der Waals surface area contributed by atoms with Crippen LogP contribution in [-0.2, 0) is 6.42 Å². The number of aryl methyl sites for hydroxylation is 2. The second-order valence-corrected chi connectivity index (χ2v) is 5.62. The smallest absolute Gasteiger partial charge is 0.119 e. The van der Waals surface area contributed by atoms with Gasteiger partial charge in [-0.1, -0.05) is 24.3 Å². The van der Waals surface area contributed by atoms with Crippen molar-refractivity contribution in [3.8, 4) is 5.75 Å². The molecule has 0 aromatic heterocycles. The first kappa shape index (κ1) is 13.0. The molecule has 0 amide bonds. The average molecular weight is 267 g/mol. The van der Waals surface area contributed by atoms with Crippen LogP contribution in [-0.4, -0.2) is 6.61 Å². The molecule has 1 unspecified atom stereocenters. The van der Waals surface area contributed by atoms with E-state index < -0.39 is 0 Å². The molecular weight excluding hydrogens is 246 g/mol. The van der Waals surface area contributed by atoms with Crippen LogP contribution in [0.15, 0.2) is 42.5 Å². The summed E-state index contributed by atoms with van der Waals surface area (Å²) < 4.78 is 5.98. The summed E-state index contributed by atoms with van der Waals surface area (Å²) in [6, 6.07) is 14.6. The minimum Gasteiger partial charge on any atom is -0.493 e. The first-order valence-electron chi connectivity index (χ1n) is 7.31. The topological polar surface area (TPSA) is 35.2 Å². The third kappa shape index (κ3) is 2.64. The van der Waals surface area contributed by atoms with Crippen LogP contribution in [0.2, 0.25) is 0 Å². The Hall–Kier alpha value is -1.96. The number of fused-ring (bicyclic) bond motifs is 1. The van der Waals surface area contributed by atoms with Gasteiger partial charge in [0, 0.05) is 11.6 Å². The molecule has 2 aromatic rings. The van der Waals surface area contributed by atoms with E-state index in [2.05, 4.69) is 24.3 Å². The molecule has 0 fully saturated rings. The Morgan fingerprint density at radius 3 is 2.90 bits per heavy atom. The number of benzene rings is 2. The maximum absolute atomic E-state index is 5.98. The van der Waals surface area contributed by atoms with Crippen LogP contribution in [0, 0.1) is 6.92 Å². The Balaban J connectivity index is 1.71. The fourth-order valence-corrected chi connectivity index (χ4v) is 2.96. The molecule has 3 rings (SSSR count). The van der Waals surface area contributed by atoms with Gasteiger partial charge in [0.15, 0.2) is 0 Å². The molecule has 0 saturated carbocycles. The summed E-state index contributed by atoms with van der Waals surface area (Å²) in [5.41, 5.74) is 10.7. The number of ether oxygens (including phenoxy) is 1. The van der Waals surface area contributed by atoms with Gasteiger partial charge >= 0.3 is 0 Å². The van der Waals surface area contributed by atoms with Crippen molar-refractivity contribution in [3.63, 3.8) is 0 Å². The molecule has 20 heavy (non-hydrogen) atoms. The summed E-state index contributed by atoms with van der Waals surface area (Å²) in [5.74, 6) is 1.43. The predicted octanol–water partition coefficient (Wildman–Crippen LogP) is 4.08. The van der Waals surface area contributed by atoms with Gasteiger partial charge in [-0.2, -0.15) is 0 Å². The maximum Gasteiger partial charge on any atom is 0.119 e. The van der Waals surface area contributed by atoms with Crippen LogP contribution in [0.25, 0.3) is 0 Å². The van der Waals surface area contributed by atoms with E-state index in [1.54, 1.807) is 0 Å². The van der Waals surface area contributed by atoms with E-state index in [-0.39, 0.29) is 0 Å². The van der Waals surface area contributed by atoms with E-state index in [1.165, 1.54) is 30.4 Å². The molecule has 104 valence electrons. The number of nitrogens with two attached hydrogens (primary N) is 1. The van der Waals surface area contributed by atoms with Crippen LogP contribution >= 0.6 is 0 Å². The van der Waals surface area contributed by atoms with E-state index in [0.717, 1.165) is 23.6 Å². The van der Waals surface area contributed by atoms with E-state index >= 15 is 0 Å². The largest absolute Gasteiger partial charge is 0.493 e. The summed E-state index contributed by atoms with van der Waals surface area (Å²) in [6.07, 6.45) is 3.67. The van der Waals surface area contributed by atoms with Gasteiger partial charge in [-0.25, -0.2) is 0 Å². The van der Waals surface area contributed by atoms with Gasteiger partial charge in [-0.15, -0.1) is 0 Å². The summed E-state index contributed by atoms with van der Waals surface area (Å²) in [5, 5.41) is 0. The third-order valence-electron chi connectivity index (χ3n) is 4.19. The van der Waals surface area contributed by atoms with Gasteiger partial charge in [0.1, 0.15) is 5.75 Å². The lowest BCUT2D eigenvalue weighted by atomic mass is 9.83. The Bertz CT molecular complexity index is 606. The highest BCUT2D eigenvalue weighted by Gasteiger charge is 2.20. The van der Waals surface area contributed by atoms with Gasteiger partial charge in [0.25, 0.3) is 0 Å². The second kappa shape index (κ2) is 5.58. The zero-order valence-corrected chi connectivity index (χ0v) is 11.9. The zero-order valence-electron chi connectivity index (χ0n) is 11.9. The van der Waals surface area contributed by atoms with Gasteiger partial charge in [-0.05, 0) is 61.1 Å². The molecule has 0 saturated heterocycles. The summed E-state index contributed by atoms with van der Waals surface area (Å²) in [4.78, 5) is 0. The molecular formula is C18H21NO. The van der Waals surface area contributed by atoms with Crippen molar-refractivity contribution in [1.82, 2.24) is 0 Å². The highest BCUT2D eigenvalue weighted by atomic mass is 16.5. The maximum atomic E-state index is 5.98. The zero-order chi connectivity index (χ0) is 13.9. The van der Waals surface area contributed by atoms with Crippen molar-refractivity contribution in [3.05, 3.63) is 59.2 Å². The van der Waals surface area contributed by atoms with Crippen molar-refractivity contribution in [2.45, 2.75) is 32.1 Å². The van der Waals surface area contributed by atoms with Crippen LogP contribution < -0.4 is 10.5 Å². The first-order chi connectivity index (χ1) is 9.74. The standard InChI is InChI=1S/C18H21NO/c1-13-11-16(9-10-18(13)19)20-12-15-7-4-6-14-5-2-3-8-17(14)15/h2-3,5,8-11,15H,4,6-7,12,19H2,1H3. The molecule has 0 aliphatic heterocycles. The number of hydrogen-bond acceptors (Lipinski definition) is 2. The molecule has 0 radical (unpaired) electrons. The molecule has 2 nitrogen and oxygen atoms in total. The lowest BCUT2D eigenvalue weighted by Crippen LogP contribution is -2.16. The van der Waals surface area contributed by atoms with Crippen LogP contribution in [0.1, 0.15) is 35.4 Å². The van der Waals surface area contributed by atoms with Gasteiger partial charge in [0.05, 0.1) is 6.61 Å². The van der Waals surface area contributed by atoms with Crippen LogP contribution in [0.4, 0.5) is 5.69 Å². The van der Waals surface area contributed by atoms with E-state index in [9.17, 15) is 0 Å². The molecule has 0 spiro atoms. The molecule has 2 heteroatoms. The number of hydrogen-bond donors (Lipinski definition) is 1. The molecule has 1 atom stereocenters. The average Bonchev–Trinajstić information content (AvgIpc) is 2.48. The SMILES string of the molecule is Cc1cc(OCC2CCCc3ccccc32)ccc1N. The Morgan fingerprint density at radius 2 is 2.05 bits per heavy atom. The van der Waals surface area contributed by atoms with E-state index in [0.29, 0.717) is 5.92 Å². The Kier molecular flexibility index (Phi) is 3.64. The molecule has 0 heterocycles. The quantitative estimate of drug-likeness (QED) is 0.851. The molecule has 1 aliphatic carbocycles. The number of nitrogen functional groups attached to an aromatic ring is 1. The van der Waals surface area contributed by atoms with Crippen molar-refractivity contribution < 1.29 is 4.74 Å². The van der Waals surface area contributed by atoms with Crippen LogP contribution in [0.5, 0.6) is 5.75 Å². The second-order valence-electron chi connectivity index (χ2n) is 5.62. The van der Waals surface area contributed by atoms with E-state index in [4.69, 9.17) is 10.5 Å². The monoisotopic (exact) mass is 267 g/mol. The summed E-state index contributed by atoms with van der Waals surface area (Å²) in [7, 11) is 0.